The van der Waals surface area contributed by atoms with Gasteiger partial charge in [0.15, 0.2) is 11.5 Å². The highest BCUT2D eigenvalue weighted by molar-refractivity contribution is 9.08. The van der Waals surface area contributed by atoms with E-state index < -0.39 is 0 Å². The van der Waals surface area contributed by atoms with Crippen molar-refractivity contribution in [3.05, 3.63) is 53.6 Å². The van der Waals surface area contributed by atoms with Gasteiger partial charge in [0.2, 0.25) is 0 Å². The van der Waals surface area contributed by atoms with Crippen molar-refractivity contribution in [3.8, 4) is 17.2 Å². The third kappa shape index (κ3) is 2.96. The number of hydrogen-bond acceptors (Lipinski definition) is 3. The molecule has 3 nitrogen and oxygen atoms in total. The van der Waals surface area contributed by atoms with Gasteiger partial charge < -0.3 is 14.9 Å². The summed E-state index contributed by atoms with van der Waals surface area (Å²) in [4.78, 5) is 0. The quantitative estimate of drug-likeness (QED) is 0.670. The third-order valence-electron chi connectivity index (χ3n) is 2.54. The minimum Gasteiger partial charge on any atom is -0.504 e. The average Bonchev–Trinajstić information content (AvgIpc) is 2.41. The molecule has 0 aliphatic rings. The summed E-state index contributed by atoms with van der Waals surface area (Å²) in [6.07, 6.45) is 0. The number of hydrogen-bond donors (Lipinski definition) is 2. The van der Waals surface area contributed by atoms with Crippen molar-refractivity contribution in [2.45, 2.75) is 11.9 Å². The number of rotatable bonds is 4. The zero-order valence-electron chi connectivity index (χ0n) is 9.64. The molecule has 18 heavy (non-hydrogen) atoms. The van der Waals surface area contributed by atoms with Crippen LogP contribution in [0.4, 0.5) is 0 Å². The fourth-order valence-corrected chi connectivity index (χ4v) is 2.01. The predicted molar refractivity (Wildman–Crippen MR) is 73.2 cm³/mol. The molecule has 0 bridgehead atoms. The Hall–Kier alpha value is -1.68. The van der Waals surface area contributed by atoms with Crippen LogP contribution < -0.4 is 4.74 Å². The fraction of sp³-hybridized carbons (Fsp3) is 0.143. The van der Waals surface area contributed by atoms with Gasteiger partial charge in [-0.25, -0.2) is 0 Å². The normalized spacial score (nSPS) is 10.3. The van der Waals surface area contributed by atoms with Crippen LogP contribution in [0.2, 0.25) is 0 Å². The number of alkyl halides is 1. The summed E-state index contributed by atoms with van der Waals surface area (Å²) < 4.78 is 5.65. The lowest BCUT2D eigenvalue weighted by atomic mass is 10.2. The molecule has 0 amide bonds. The van der Waals surface area contributed by atoms with Crippen LogP contribution in [-0.4, -0.2) is 10.2 Å². The SMILES string of the molecule is Oc1cc(CBr)c(OCc2ccccc2)cc1O. The number of phenolic OH excluding ortho intramolecular Hbond substituents is 2. The highest BCUT2D eigenvalue weighted by Crippen LogP contribution is 2.34. The van der Waals surface area contributed by atoms with Gasteiger partial charge >= 0.3 is 0 Å². The largest absolute Gasteiger partial charge is 0.504 e. The minimum absolute atomic E-state index is 0.142. The molecule has 4 heteroatoms. The molecule has 2 aromatic rings. The molecule has 0 aliphatic carbocycles. The van der Waals surface area contributed by atoms with Crippen molar-refractivity contribution < 1.29 is 14.9 Å². The van der Waals surface area contributed by atoms with E-state index in [1.54, 1.807) is 0 Å². The second-order valence-corrected chi connectivity index (χ2v) is 4.42. The van der Waals surface area contributed by atoms with E-state index in [0.29, 0.717) is 17.7 Å². The van der Waals surface area contributed by atoms with Gasteiger partial charge in [-0.1, -0.05) is 46.3 Å². The van der Waals surface area contributed by atoms with Gasteiger partial charge in [-0.3, -0.25) is 0 Å². The summed E-state index contributed by atoms with van der Waals surface area (Å²) in [6.45, 7) is 0.422. The van der Waals surface area contributed by atoms with E-state index in [-0.39, 0.29) is 11.5 Å². The van der Waals surface area contributed by atoms with E-state index in [1.807, 2.05) is 30.3 Å². The van der Waals surface area contributed by atoms with Crippen molar-refractivity contribution in [1.29, 1.82) is 0 Å². The molecule has 0 saturated carbocycles. The molecule has 0 unspecified atom stereocenters. The summed E-state index contributed by atoms with van der Waals surface area (Å²) in [6, 6.07) is 12.7. The summed E-state index contributed by atoms with van der Waals surface area (Å²) in [7, 11) is 0. The summed E-state index contributed by atoms with van der Waals surface area (Å²) in [5.74, 6) is 0.241. The van der Waals surface area contributed by atoms with Gasteiger partial charge in [-0.2, -0.15) is 0 Å². The predicted octanol–water partition coefficient (Wildman–Crippen LogP) is 3.57. The Bertz CT molecular complexity index is 526. The zero-order chi connectivity index (χ0) is 13.0. The number of ether oxygens (including phenoxy) is 1. The molecule has 0 spiro atoms. The van der Waals surface area contributed by atoms with E-state index in [4.69, 9.17) is 4.74 Å². The molecule has 0 fully saturated rings. The molecule has 0 radical (unpaired) electrons. The van der Waals surface area contributed by atoms with E-state index in [9.17, 15) is 10.2 Å². The van der Waals surface area contributed by atoms with Crippen LogP contribution in [0.1, 0.15) is 11.1 Å². The topological polar surface area (TPSA) is 49.7 Å². The first kappa shape index (κ1) is 12.8. The van der Waals surface area contributed by atoms with Crippen LogP contribution in [0, 0.1) is 0 Å². The minimum atomic E-state index is -0.178. The molecule has 0 heterocycles. The van der Waals surface area contributed by atoms with Gasteiger partial charge in [0.1, 0.15) is 12.4 Å². The van der Waals surface area contributed by atoms with Crippen molar-refractivity contribution in [2.75, 3.05) is 0 Å². The maximum absolute atomic E-state index is 9.47. The molecular weight excluding hydrogens is 296 g/mol. The van der Waals surface area contributed by atoms with E-state index in [0.717, 1.165) is 11.1 Å². The molecule has 2 aromatic carbocycles. The van der Waals surface area contributed by atoms with Crippen LogP contribution in [0.5, 0.6) is 17.2 Å². The first-order chi connectivity index (χ1) is 8.70. The molecule has 0 atom stereocenters. The molecule has 94 valence electrons. The average molecular weight is 309 g/mol. The van der Waals surface area contributed by atoms with Crippen molar-refractivity contribution >= 4 is 15.9 Å². The fourth-order valence-electron chi connectivity index (χ4n) is 1.58. The maximum atomic E-state index is 9.47. The molecule has 0 aliphatic heterocycles. The van der Waals surface area contributed by atoms with Crippen molar-refractivity contribution in [1.82, 2.24) is 0 Å². The summed E-state index contributed by atoms with van der Waals surface area (Å²) in [5, 5.41) is 19.4. The first-order valence-corrected chi connectivity index (χ1v) is 6.60. The van der Waals surface area contributed by atoms with Gasteiger partial charge in [0.25, 0.3) is 0 Å². The monoisotopic (exact) mass is 308 g/mol. The van der Waals surface area contributed by atoms with Gasteiger partial charge in [0, 0.05) is 17.0 Å². The van der Waals surface area contributed by atoms with Crippen LogP contribution >= 0.6 is 15.9 Å². The highest BCUT2D eigenvalue weighted by atomic mass is 79.9. The van der Waals surface area contributed by atoms with Gasteiger partial charge in [-0.15, -0.1) is 0 Å². The summed E-state index contributed by atoms with van der Waals surface area (Å²) in [5.41, 5.74) is 1.84. The van der Waals surface area contributed by atoms with Gasteiger partial charge in [0.05, 0.1) is 0 Å². The lowest BCUT2D eigenvalue weighted by molar-refractivity contribution is 0.300. The van der Waals surface area contributed by atoms with E-state index in [2.05, 4.69) is 15.9 Å². The third-order valence-corrected chi connectivity index (χ3v) is 3.14. The maximum Gasteiger partial charge on any atom is 0.161 e. The standard InChI is InChI=1S/C14H13BrO3/c15-8-11-6-12(16)13(17)7-14(11)18-9-10-4-2-1-3-5-10/h1-7,16-17H,8-9H2. The van der Waals surface area contributed by atoms with E-state index in [1.165, 1.54) is 12.1 Å². The Morgan fingerprint density at radius 3 is 2.33 bits per heavy atom. The Balaban J connectivity index is 2.16. The molecular formula is C14H13BrO3. The van der Waals surface area contributed by atoms with Crippen LogP contribution in [0.25, 0.3) is 0 Å². The lowest BCUT2D eigenvalue weighted by Gasteiger charge is -2.11. The van der Waals surface area contributed by atoms with Crippen LogP contribution in [-0.2, 0) is 11.9 Å². The zero-order valence-corrected chi connectivity index (χ0v) is 11.2. The number of aromatic hydroxyl groups is 2. The summed E-state index contributed by atoms with van der Waals surface area (Å²) >= 11 is 3.32. The highest BCUT2D eigenvalue weighted by Gasteiger charge is 2.09. The van der Waals surface area contributed by atoms with Crippen molar-refractivity contribution in [3.63, 3.8) is 0 Å². The Morgan fingerprint density at radius 1 is 1.00 bits per heavy atom. The molecule has 0 aromatic heterocycles. The molecule has 0 saturated heterocycles. The first-order valence-electron chi connectivity index (χ1n) is 5.48. The van der Waals surface area contributed by atoms with Crippen LogP contribution in [0.15, 0.2) is 42.5 Å². The number of phenols is 2. The van der Waals surface area contributed by atoms with Gasteiger partial charge in [-0.05, 0) is 11.6 Å². The Labute approximate surface area is 114 Å². The Morgan fingerprint density at radius 2 is 1.67 bits per heavy atom. The lowest BCUT2D eigenvalue weighted by Crippen LogP contribution is -1.97. The number of halogens is 1. The molecule has 2 N–H and O–H groups in total. The Kier molecular flexibility index (Phi) is 4.10. The van der Waals surface area contributed by atoms with Crippen LogP contribution in [0.3, 0.4) is 0 Å². The molecule has 2 rings (SSSR count). The second-order valence-electron chi connectivity index (χ2n) is 3.86. The number of benzene rings is 2. The second kappa shape index (κ2) is 5.78. The van der Waals surface area contributed by atoms with Crippen molar-refractivity contribution in [2.24, 2.45) is 0 Å². The van der Waals surface area contributed by atoms with E-state index >= 15 is 0 Å². The smallest absolute Gasteiger partial charge is 0.161 e.